The number of carbonyl (C=O) groups is 1. The molecule has 8 nitrogen and oxygen atoms in total. The van der Waals surface area contributed by atoms with Crippen LogP contribution < -0.4 is 4.74 Å². The maximum Gasteiger partial charge on any atom is 0.388 e. The molecule has 132 valence electrons. The summed E-state index contributed by atoms with van der Waals surface area (Å²) in [5.74, 6) is -0.409. The molecule has 1 saturated carbocycles. The van der Waals surface area contributed by atoms with Crippen LogP contribution in [-0.2, 0) is 18.4 Å². The minimum atomic E-state index is -0.597. The smallest absolute Gasteiger partial charge is 0.388 e. The van der Waals surface area contributed by atoms with Crippen molar-refractivity contribution in [3.63, 3.8) is 0 Å². The molecule has 25 heavy (non-hydrogen) atoms. The largest absolute Gasteiger partial charge is 0.490 e. The number of aryl methyl sites for hydroxylation is 1. The summed E-state index contributed by atoms with van der Waals surface area (Å²) in [7, 11) is 1.61. The highest BCUT2D eigenvalue weighted by atomic mass is 16.6. The lowest BCUT2D eigenvalue weighted by Gasteiger charge is -2.15. The predicted molar refractivity (Wildman–Crippen MR) is 88.3 cm³/mol. The first-order chi connectivity index (χ1) is 12.1. The zero-order valence-electron chi connectivity index (χ0n) is 13.9. The third kappa shape index (κ3) is 3.78. The Morgan fingerprint density at radius 3 is 2.80 bits per heavy atom. The van der Waals surface area contributed by atoms with E-state index in [1.54, 1.807) is 31.3 Å². The Kier molecular flexibility index (Phi) is 4.97. The van der Waals surface area contributed by atoms with Crippen molar-refractivity contribution in [3.8, 4) is 5.75 Å². The number of esters is 1. The Morgan fingerprint density at radius 2 is 2.08 bits per heavy atom. The third-order valence-corrected chi connectivity index (χ3v) is 4.25. The fourth-order valence-electron chi connectivity index (χ4n) is 2.90. The number of ether oxygens (including phenoxy) is 2. The van der Waals surface area contributed by atoms with Crippen molar-refractivity contribution in [2.24, 2.45) is 7.05 Å². The highest BCUT2D eigenvalue weighted by molar-refractivity contribution is 5.92. The van der Waals surface area contributed by atoms with Crippen molar-refractivity contribution in [1.82, 2.24) is 9.55 Å². The standard InChI is InChI=1S/C17H19N3O5/c1-19-11-18-16(20(22)23)14(19)10-24-17(21)13-8-4-5-9-15(13)25-12-6-2-3-7-12/h4-5,8-9,11-12H,2-3,6-7,10H2,1H3. The minimum Gasteiger partial charge on any atom is -0.490 e. The van der Waals surface area contributed by atoms with Gasteiger partial charge < -0.3 is 24.2 Å². The van der Waals surface area contributed by atoms with Gasteiger partial charge in [0.25, 0.3) is 0 Å². The topological polar surface area (TPSA) is 96.5 Å². The molecule has 0 saturated heterocycles. The first kappa shape index (κ1) is 16.9. The molecule has 0 unspecified atom stereocenters. The molecule has 1 aliphatic rings. The fourth-order valence-corrected chi connectivity index (χ4v) is 2.90. The van der Waals surface area contributed by atoms with E-state index < -0.39 is 10.9 Å². The number of para-hydroxylation sites is 1. The van der Waals surface area contributed by atoms with E-state index in [0.29, 0.717) is 11.3 Å². The monoisotopic (exact) mass is 345 g/mol. The van der Waals surface area contributed by atoms with Crippen LogP contribution in [0.3, 0.4) is 0 Å². The van der Waals surface area contributed by atoms with Crippen LogP contribution in [0.5, 0.6) is 5.75 Å². The lowest BCUT2D eigenvalue weighted by Crippen LogP contribution is -2.15. The summed E-state index contributed by atoms with van der Waals surface area (Å²) in [5, 5.41) is 11.0. The van der Waals surface area contributed by atoms with Gasteiger partial charge in [-0.3, -0.25) is 0 Å². The summed E-state index contributed by atoms with van der Waals surface area (Å²) in [5.41, 5.74) is 0.548. The number of hydrogen-bond acceptors (Lipinski definition) is 6. The molecule has 0 spiro atoms. The molecule has 0 aliphatic heterocycles. The van der Waals surface area contributed by atoms with Crippen molar-refractivity contribution in [2.45, 2.75) is 38.4 Å². The summed E-state index contributed by atoms with van der Waals surface area (Å²) in [6, 6.07) is 6.89. The van der Waals surface area contributed by atoms with Crippen LogP contribution in [0.1, 0.15) is 41.7 Å². The molecule has 1 aliphatic carbocycles. The van der Waals surface area contributed by atoms with Gasteiger partial charge in [-0.25, -0.2) is 4.79 Å². The molecule has 0 radical (unpaired) electrons. The summed E-state index contributed by atoms with van der Waals surface area (Å²) < 4.78 is 12.7. The van der Waals surface area contributed by atoms with E-state index in [0.717, 1.165) is 25.7 Å². The summed E-state index contributed by atoms with van der Waals surface area (Å²) in [6.45, 7) is -0.233. The van der Waals surface area contributed by atoms with Gasteiger partial charge in [0.2, 0.25) is 6.33 Å². The number of aromatic nitrogens is 2. The molecule has 0 bridgehead atoms. The normalized spacial score (nSPS) is 14.4. The summed E-state index contributed by atoms with van der Waals surface area (Å²) in [6.07, 6.45) is 5.64. The van der Waals surface area contributed by atoms with E-state index in [2.05, 4.69) is 4.98 Å². The van der Waals surface area contributed by atoms with E-state index in [4.69, 9.17) is 9.47 Å². The number of benzene rings is 1. The maximum absolute atomic E-state index is 12.4. The number of nitrogens with zero attached hydrogens (tertiary/aromatic N) is 3. The van der Waals surface area contributed by atoms with Gasteiger partial charge in [-0.2, -0.15) is 0 Å². The first-order valence-corrected chi connectivity index (χ1v) is 8.13. The molecular formula is C17H19N3O5. The zero-order valence-corrected chi connectivity index (χ0v) is 13.9. The van der Waals surface area contributed by atoms with Gasteiger partial charge in [0.1, 0.15) is 17.9 Å². The molecule has 3 rings (SSSR count). The van der Waals surface area contributed by atoms with E-state index in [9.17, 15) is 14.9 Å². The van der Waals surface area contributed by atoms with Gasteiger partial charge in [-0.05, 0) is 47.7 Å². The van der Waals surface area contributed by atoms with Gasteiger partial charge in [-0.15, -0.1) is 0 Å². The number of hydrogen-bond donors (Lipinski definition) is 0. The minimum absolute atomic E-state index is 0.118. The molecule has 1 heterocycles. The molecule has 0 amide bonds. The van der Waals surface area contributed by atoms with Gasteiger partial charge in [0.05, 0.1) is 6.10 Å². The Balaban J connectivity index is 1.71. The molecule has 1 aromatic heterocycles. The van der Waals surface area contributed by atoms with Crippen molar-refractivity contribution >= 4 is 11.8 Å². The molecule has 1 fully saturated rings. The van der Waals surface area contributed by atoms with Crippen LogP contribution in [-0.4, -0.2) is 26.5 Å². The van der Waals surface area contributed by atoms with Crippen LogP contribution in [0.4, 0.5) is 5.82 Å². The van der Waals surface area contributed by atoms with Gasteiger partial charge >= 0.3 is 11.8 Å². The van der Waals surface area contributed by atoms with Crippen molar-refractivity contribution < 1.29 is 19.2 Å². The average Bonchev–Trinajstić information content (AvgIpc) is 3.23. The van der Waals surface area contributed by atoms with E-state index >= 15 is 0 Å². The first-order valence-electron chi connectivity index (χ1n) is 8.13. The number of nitro groups is 1. The van der Waals surface area contributed by atoms with Crippen molar-refractivity contribution in [3.05, 3.63) is 52.0 Å². The molecule has 0 atom stereocenters. The molecule has 2 aromatic rings. The fraction of sp³-hybridized carbons (Fsp3) is 0.412. The Labute approximate surface area is 144 Å². The second-order valence-electron chi connectivity index (χ2n) is 5.98. The predicted octanol–water partition coefficient (Wildman–Crippen LogP) is 3.01. The molecule has 8 heteroatoms. The molecule has 1 aromatic carbocycles. The van der Waals surface area contributed by atoms with Gasteiger partial charge in [-0.1, -0.05) is 12.1 Å². The SMILES string of the molecule is Cn1cnc([N+](=O)[O-])c1COC(=O)c1ccccc1OC1CCCC1. The number of imidazole rings is 1. The molecular weight excluding hydrogens is 326 g/mol. The summed E-state index contributed by atoms with van der Waals surface area (Å²) >= 11 is 0. The van der Waals surface area contributed by atoms with Crippen LogP contribution in [0, 0.1) is 10.1 Å². The lowest BCUT2D eigenvalue weighted by atomic mass is 10.2. The number of rotatable bonds is 6. The Bertz CT molecular complexity index is 780. The van der Waals surface area contributed by atoms with Crippen LogP contribution in [0.15, 0.2) is 30.6 Å². The van der Waals surface area contributed by atoms with Gasteiger partial charge in [0.15, 0.2) is 5.69 Å². The Hall–Kier alpha value is -2.90. The second-order valence-corrected chi connectivity index (χ2v) is 5.98. The van der Waals surface area contributed by atoms with E-state index in [1.807, 2.05) is 0 Å². The summed E-state index contributed by atoms with van der Waals surface area (Å²) in [4.78, 5) is 26.5. The second kappa shape index (κ2) is 7.33. The molecule has 0 N–H and O–H groups in total. The van der Waals surface area contributed by atoms with Crippen LogP contribution in [0.25, 0.3) is 0 Å². The lowest BCUT2D eigenvalue weighted by molar-refractivity contribution is -0.390. The quantitative estimate of drug-likeness (QED) is 0.453. The van der Waals surface area contributed by atoms with Crippen molar-refractivity contribution in [1.29, 1.82) is 0 Å². The highest BCUT2D eigenvalue weighted by Crippen LogP contribution is 2.27. The third-order valence-electron chi connectivity index (χ3n) is 4.25. The zero-order chi connectivity index (χ0) is 17.8. The highest BCUT2D eigenvalue weighted by Gasteiger charge is 2.24. The van der Waals surface area contributed by atoms with Crippen LogP contribution in [0.2, 0.25) is 0 Å². The van der Waals surface area contributed by atoms with Gasteiger partial charge in [0, 0.05) is 7.05 Å². The Morgan fingerprint density at radius 1 is 1.36 bits per heavy atom. The van der Waals surface area contributed by atoms with E-state index in [-0.39, 0.29) is 24.2 Å². The maximum atomic E-state index is 12.4. The average molecular weight is 345 g/mol. The van der Waals surface area contributed by atoms with Crippen LogP contribution >= 0.6 is 0 Å². The van der Waals surface area contributed by atoms with E-state index in [1.165, 1.54) is 10.9 Å². The van der Waals surface area contributed by atoms with Crippen molar-refractivity contribution in [2.75, 3.05) is 0 Å². The number of carbonyl (C=O) groups excluding carboxylic acids is 1.